The summed E-state index contributed by atoms with van der Waals surface area (Å²) >= 11 is 5.91. The van der Waals surface area contributed by atoms with Crippen molar-refractivity contribution in [1.29, 1.82) is 0 Å². The van der Waals surface area contributed by atoms with Crippen LogP contribution in [0.2, 0.25) is 5.02 Å². The second kappa shape index (κ2) is 6.22. The Morgan fingerprint density at radius 3 is 2.80 bits per heavy atom. The maximum atomic E-state index is 12.9. The first kappa shape index (κ1) is 15.4. The van der Waals surface area contributed by atoms with Gasteiger partial charge in [-0.15, -0.1) is 0 Å². The van der Waals surface area contributed by atoms with Gasteiger partial charge in [0.15, 0.2) is 0 Å². The van der Waals surface area contributed by atoms with E-state index in [0.29, 0.717) is 12.5 Å². The summed E-state index contributed by atoms with van der Waals surface area (Å²) in [5.41, 5.74) is -0.705. The Morgan fingerprint density at radius 1 is 1.40 bits per heavy atom. The molecule has 0 aliphatic carbocycles. The Hall–Kier alpha value is -0.940. The molecule has 1 aromatic carbocycles. The van der Waals surface area contributed by atoms with Crippen molar-refractivity contribution in [3.05, 3.63) is 28.8 Å². The molecule has 1 aliphatic heterocycles. The lowest BCUT2D eigenvalue weighted by molar-refractivity contribution is -0.136. The van der Waals surface area contributed by atoms with E-state index in [1.54, 1.807) is 0 Å². The molecular formula is C14H18ClF3N2. The van der Waals surface area contributed by atoms with E-state index in [4.69, 9.17) is 11.6 Å². The summed E-state index contributed by atoms with van der Waals surface area (Å²) in [7, 11) is 2.03. The Labute approximate surface area is 121 Å². The summed E-state index contributed by atoms with van der Waals surface area (Å²) in [6, 6.07) is 3.86. The monoisotopic (exact) mass is 306 g/mol. The highest BCUT2D eigenvalue weighted by Gasteiger charge is 2.34. The minimum absolute atomic E-state index is 0.00473. The highest BCUT2D eigenvalue weighted by Crippen LogP contribution is 2.38. The van der Waals surface area contributed by atoms with Gasteiger partial charge < -0.3 is 10.2 Å². The van der Waals surface area contributed by atoms with Crippen LogP contribution in [0.4, 0.5) is 18.9 Å². The molecule has 112 valence electrons. The number of nitrogens with zero attached hydrogens (tertiary/aromatic N) is 1. The number of rotatable bonds is 3. The molecular weight excluding hydrogens is 289 g/mol. The molecule has 0 radical (unpaired) electrons. The van der Waals surface area contributed by atoms with Crippen molar-refractivity contribution in [2.45, 2.75) is 19.0 Å². The minimum atomic E-state index is -4.39. The highest BCUT2D eigenvalue weighted by atomic mass is 35.5. The smallest absolute Gasteiger partial charge is 0.383 e. The van der Waals surface area contributed by atoms with Gasteiger partial charge in [-0.05, 0) is 44.5 Å². The first-order chi connectivity index (χ1) is 9.38. The number of anilines is 1. The fourth-order valence-corrected chi connectivity index (χ4v) is 2.87. The number of likely N-dealkylation sites (tertiary alicyclic amines) is 1. The number of benzene rings is 1. The maximum absolute atomic E-state index is 12.9. The molecule has 1 aromatic rings. The molecule has 0 spiro atoms. The normalized spacial score (nSPS) is 20.9. The fourth-order valence-electron chi connectivity index (χ4n) is 2.63. The van der Waals surface area contributed by atoms with Gasteiger partial charge in [-0.1, -0.05) is 17.7 Å². The number of piperidine rings is 1. The molecule has 0 aromatic heterocycles. The van der Waals surface area contributed by atoms with Crippen LogP contribution in [0.5, 0.6) is 0 Å². The zero-order valence-electron chi connectivity index (χ0n) is 11.3. The van der Waals surface area contributed by atoms with Crippen LogP contribution in [0, 0.1) is 5.92 Å². The molecule has 6 heteroatoms. The van der Waals surface area contributed by atoms with Crippen molar-refractivity contribution in [2.24, 2.45) is 5.92 Å². The molecule has 0 amide bonds. The SMILES string of the molecule is CN1CCCC(CNc2c(Cl)cccc2C(F)(F)F)C1. The second-order valence-corrected chi connectivity index (χ2v) is 5.72. The zero-order chi connectivity index (χ0) is 14.8. The third-order valence-electron chi connectivity index (χ3n) is 3.61. The van der Waals surface area contributed by atoms with Gasteiger partial charge in [0.2, 0.25) is 0 Å². The largest absolute Gasteiger partial charge is 0.418 e. The number of hydrogen-bond donors (Lipinski definition) is 1. The average molecular weight is 307 g/mol. The van der Waals surface area contributed by atoms with E-state index in [1.165, 1.54) is 12.1 Å². The van der Waals surface area contributed by atoms with Gasteiger partial charge in [0.1, 0.15) is 0 Å². The molecule has 1 unspecified atom stereocenters. The molecule has 1 fully saturated rings. The van der Waals surface area contributed by atoms with Crippen LogP contribution < -0.4 is 5.32 Å². The molecule has 1 N–H and O–H groups in total. The summed E-state index contributed by atoms with van der Waals surface area (Å²) in [6.45, 7) is 2.46. The van der Waals surface area contributed by atoms with Gasteiger partial charge in [0.05, 0.1) is 16.3 Å². The number of halogens is 4. The lowest BCUT2D eigenvalue weighted by Crippen LogP contribution is -2.35. The number of para-hydroxylation sites is 1. The highest BCUT2D eigenvalue weighted by molar-refractivity contribution is 6.33. The summed E-state index contributed by atoms with van der Waals surface area (Å²) in [5.74, 6) is 0.353. The van der Waals surface area contributed by atoms with Crippen LogP contribution in [0.1, 0.15) is 18.4 Å². The van der Waals surface area contributed by atoms with E-state index in [-0.39, 0.29) is 10.7 Å². The van der Waals surface area contributed by atoms with E-state index in [2.05, 4.69) is 10.2 Å². The van der Waals surface area contributed by atoms with Crippen molar-refractivity contribution in [2.75, 3.05) is 32.0 Å². The molecule has 1 atom stereocenters. The average Bonchev–Trinajstić information content (AvgIpc) is 2.36. The van der Waals surface area contributed by atoms with Gasteiger partial charge in [-0.3, -0.25) is 0 Å². The predicted octanol–water partition coefficient (Wildman–Crippen LogP) is 4.11. The Bertz CT molecular complexity index is 462. The number of nitrogens with one attached hydrogen (secondary N) is 1. The standard InChI is InChI=1S/C14H18ClF3N2/c1-20-7-3-4-10(9-20)8-19-13-11(14(16,17)18)5-2-6-12(13)15/h2,5-6,10,19H,3-4,7-9H2,1H3. The second-order valence-electron chi connectivity index (χ2n) is 5.31. The lowest BCUT2D eigenvalue weighted by atomic mass is 9.98. The van der Waals surface area contributed by atoms with Crippen molar-refractivity contribution < 1.29 is 13.2 Å². The van der Waals surface area contributed by atoms with Crippen molar-refractivity contribution in [1.82, 2.24) is 4.90 Å². The van der Waals surface area contributed by atoms with Crippen molar-refractivity contribution in [3.63, 3.8) is 0 Å². The van der Waals surface area contributed by atoms with Gasteiger partial charge in [-0.25, -0.2) is 0 Å². The van der Waals surface area contributed by atoms with Gasteiger partial charge in [-0.2, -0.15) is 13.2 Å². The summed E-state index contributed by atoms with van der Waals surface area (Å²) in [5, 5.41) is 3.01. The molecule has 1 saturated heterocycles. The topological polar surface area (TPSA) is 15.3 Å². The van der Waals surface area contributed by atoms with Gasteiger partial charge >= 0.3 is 6.18 Å². The Kier molecular flexibility index (Phi) is 4.81. The third kappa shape index (κ3) is 3.79. The van der Waals surface area contributed by atoms with E-state index < -0.39 is 11.7 Å². The van der Waals surface area contributed by atoms with Crippen LogP contribution >= 0.6 is 11.6 Å². The Morgan fingerprint density at radius 2 is 2.15 bits per heavy atom. The van der Waals surface area contributed by atoms with Crippen LogP contribution in [-0.2, 0) is 6.18 Å². The van der Waals surface area contributed by atoms with Crippen molar-refractivity contribution in [3.8, 4) is 0 Å². The lowest BCUT2D eigenvalue weighted by Gasteiger charge is -2.30. The van der Waals surface area contributed by atoms with E-state index in [9.17, 15) is 13.2 Å². The summed E-state index contributed by atoms with van der Waals surface area (Å²) < 4.78 is 38.8. The first-order valence-corrected chi connectivity index (χ1v) is 7.04. The minimum Gasteiger partial charge on any atom is -0.383 e. The van der Waals surface area contributed by atoms with E-state index in [0.717, 1.165) is 32.0 Å². The van der Waals surface area contributed by atoms with Crippen molar-refractivity contribution >= 4 is 17.3 Å². The zero-order valence-corrected chi connectivity index (χ0v) is 12.1. The molecule has 1 heterocycles. The molecule has 0 saturated carbocycles. The summed E-state index contributed by atoms with van der Waals surface area (Å²) in [4.78, 5) is 2.20. The third-order valence-corrected chi connectivity index (χ3v) is 3.92. The predicted molar refractivity (Wildman–Crippen MR) is 75.2 cm³/mol. The number of hydrogen-bond acceptors (Lipinski definition) is 2. The van der Waals surface area contributed by atoms with E-state index >= 15 is 0 Å². The molecule has 2 rings (SSSR count). The van der Waals surface area contributed by atoms with Crippen LogP contribution in [-0.4, -0.2) is 31.6 Å². The van der Waals surface area contributed by atoms with Crippen LogP contribution in [0.3, 0.4) is 0 Å². The first-order valence-electron chi connectivity index (χ1n) is 6.66. The van der Waals surface area contributed by atoms with Gasteiger partial charge in [0.25, 0.3) is 0 Å². The Balaban J connectivity index is 2.09. The fraction of sp³-hybridized carbons (Fsp3) is 0.571. The quantitative estimate of drug-likeness (QED) is 0.904. The maximum Gasteiger partial charge on any atom is 0.418 e. The molecule has 20 heavy (non-hydrogen) atoms. The van der Waals surface area contributed by atoms with Gasteiger partial charge in [0, 0.05) is 13.1 Å². The van der Waals surface area contributed by atoms with E-state index in [1.807, 2.05) is 7.05 Å². The molecule has 2 nitrogen and oxygen atoms in total. The van der Waals surface area contributed by atoms with Crippen LogP contribution in [0.15, 0.2) is 18.2 Å². The van der Waals surface area contributed by atoms with Crippen LogP contribution in [0.25, 0.3) is 0 Å². The number of alkyl halides is 3. The molecule has 1 aliphatic rings. The summed E-state index contributed by atoms with van der Waals surface area (Å²) in [6.07, 6.45) is -2.28. The molecule has 0 bridgehead atoms.